The molecule has 64 valence electrons. The first-order valence-electron chi connectivity index (χ1n) is 3.47. The second-order valence-electron chi connectivity index (χ2n) is 1.86. The number of hydrogen-bond acceptors (Lipinski definition) is 3. The summed E-state index contributed by atoms with van der Waals surface area (Å²) in [6, 6.07) is 0. The molecule has 0 radical (unpaired) electrons. The quantitative estimate of drug-likeness (QED) is 0.357. The van der Waals surface area contributed by atoms with E-state index in [1.165, 1.54) is 0 Å². The highest BCUT2D eigenvalue weighted by Crippen LogP contribution is 1.88. The summed E-state index contributed by atoms with van der Waals surface area (Å²) >= 11 is 0. The van der Waals surface area contributed by atoms with Gasteiger partial charge in [-0.3, -0.25) is 0 Å². The molecule has 0 aliphatic rings. The molecule has 3 nitrogen and oxygen atoms in total. The van der Waals surface area contributed by atoms with Crippen molar-refractivity contribution in [3.63, 3.8) is 0 Å². The topological polar surface area (TPSA) is 35.5 Å². The first-order chi connectivity index (χ1) is 5.81. The zero-order chi connectivity index (χ0) is 9.23. The van der Waals surface area contributed by atoms with Crippen LogP contribution in [0.2, 0.25) is 0 Å². The van der Waals surface area contributed by atoms with Crippen molar-refractivity contribution in [3.05, 3.63) is 0 Å². The predicted molar refractivity (Wildman–Crippen MR) is 44.2 cm³/mol. The largest absolute Gasteiger partial charge is 0.508 e. The highest BCUT2D eigenvalue weighted by atomic mass is 16.7. The maximum Gasteiger partial charge on any atom is 0.508 e. The predicted octanol–water partition coefficient (Wildman–Crippen LogP) is 1.19. The first-order valence-corrected chi connectivity index (χ1v) is 3.47. The third kappa shape index (κ3) is 6.51. The van der Waals surface area contributed by atoms with Crippen LogP contribution in [0.5, 0.6) is 0 Å². The number of terminal acetylenes is 2. The summed E-state index contributed by atoms with van der Waals surface area (Å²) in [6.07, 6.45) is 9.92. The Hall–Kier alpha value is -1.61. The lowest BCUT2D eigenvalue weighted by Crippen LogP contribution is -2.08. The minimum atomic E-state index is -0.722. The van der Waals surface area contributed by atoms with Gasteiger partial charge in [-0.1, -0.05) is 0 Å². The van der Waals surface area contributed by atoms with Crippen LogP contribution in [0, 0.1) is 24.7 Å². The van der Waals surface area contributed by atoms with Gasteiger partial charge in [-0.25, -0.2) is 4.79 Å². The van der Waals surface area contributed by atoms with Crippen LogP contribution in [0.3, 0.4) is 0 Å². The third-order valence-corrected chi connectivity index (χ3v) is 0.933. The zero-order valence-electron chi connectivity index (χ0n) is 6.71. The van der Waals surface area contributed by atoms with Gasteiger partial charge in [-0.2, -0.15) is 0 Å². The molecule has 0 unspecified atom stereocenters. The molecule has 0 aromatic heterocycles. The molecular formula is C9H10O3. The van der Waals surface area contributed by atoms with Gasteiger partial charge in [-0.05, 0) is 0 Å². The average Bonchev–Trinajstić information content (AvgIpc) is 2.06. The van der Waals surface area contributed by atoms with Crippen LogP contribution >= 0.6 is 0 Å². The Morgan fingerprint density at radius 2 is 1.50 bits per heavy atom. The van der Waals surface area contributed by atoms with Crippen molar-refractivity contribution >= 4 is 6.16 Å². The fourth-order valence-electron chi connectivity index (χ4n) is 0.428. The number of hydrogen-bond donors (Lipinski definition) is 0. The fourth-order valence-corrected chi connectivity index (χ4v) is 0.428. The van der Waals surface area contributed by atoms with Gasteiger partial charge in [-0.15, -0.1) is 24.7 Å². The van der Waals surface area contributed by atoms with Crippen LogP contribution in [0.25, 0.3) is 0 Å². The summed E-state index contributed by atoms with van der Waals surface area (Å²) in [4.78, 5) is 10.6. The highest BCUT2D eigenvalue weighted by molar-refractivity contribution is 5.59. The molecule has 0 aromatic carbocycles. The van der Waals surface area contributed by atoms with E-state index in [9.17, 15) is 4.79 Å². The second kappa shape index (κ2) is 7.50. The Balaban J connectivity index is 3.24. The summed E-state index contributed by atoms with van der Waals surface area (Å²) in [7, 11) is 0. The summed E-state index contributed by atoms with van der Waals surface area (Å²) in [5.74, 6) is 4.65. The van der Waals surface area contributed by atoms with Crippen LogP contribution < -0.4 is 0 Å². The van der Waals surface area contributed by atoms with E-state index in [0.717, 1.165) is 0 Å². The maximum atomic E-state index is 10.6. The van der Waals surface area contributed by atoms with Crippen molar-refractivity contribution in [1.82, 2.24) is 0 Å². The van der Waals surface area contributed by atoms with E-state index >= 15 is 0 Å². The molecule has 0 atom stereocenters. The van der Waals surface area contributed by atoms with Gasteiger partial charge in [0.05, 0.1) is 0 Å². The van der Waals surface area contributed by atoms with Crippen LogP contribution in [-0.4, -0.2) is 19.4 Å². The first kappa shape index (κ1) is 10.4. The van der Waals surface area contributed by atoms with Gasteiger partial charge in [0.25, 0.3) is 0 Å². The lowest BCUT2D eigenvalue weighted by Gasteiger charge is -2.01. The fraction of sp³-hybridized carbons (Fsp3) is 0.444. The summed E-state index contributed by atoms with van der Waals surface area (Å²) in [6.45, 7) is 0.372. The van der Waals surface area contributed by atoms with E-state index in [1.807, 2.05) is 0 Å². The van der Waals surface area contributed by atoms with E-state index in [-0.39, 0.29) is 13.2 Å². The number of carbonyl (C=O) groups excluding carboxylic acids is 1. The molecule has 0 aliphatic heterocycles. The average molecular weight is 166 g/mol. The van der Waals surface area contributed by atoms with Crippen LogP contribution in [0.15, 0.2) is 0 Å². The number of rotatable bonds is 4. The van der Waals surface area contributed by atoms with Crippen molar-refractivity contribution in [2.24, 2.45) is 0 Å². The molecule has 12 heavy (non-hydrogen) atoms. The number of ether oxygens (including phenoxy) is 2. The van der Waals surface area contributed by atoms with Crippen molar-refractivity contribution in [2.75, 3.05) is 13.2 Å². The van der Waals surface area contributed by atoms with Crippen molar-refractivity contribution in [1.29, 1.82) is 0 Å². The minimum absolute atomic E-state index is 0.186. The Morgan fingerprint density at radius 1 is 1.08 bits per heavy atom. The third-order valence-electron chi connectivity index (χ3n) is 0.933. The Labute approximate surface area is 72.0 Å². The van der Waals surface area contributed by atoms with Gasteiger partial charge in [0, 0.05) is 12.8 Å². The van der Waals surface area contributed by atoms with E-state index in [1.54, 1.807) is 0 Å². The molecule has 0 saturated carbocycles. The van der Waals surface area contributed by atoms with E-state index < -0.39 is 6.16 Å². The molecule has 0 aliphatic carbocycles. The van der Waals surface area contributed by atoms with Gasteiger partial charge in [0.2, 0.25) is 0 Å². The molecular weight excluding hydrogens is 156 g/mol. The number of carbonyl (C=O) groups is 1. The molecule has 0 fully saturated rings. The van der Waals surface area contributed by atoms with Gasteiger partial charge in [0.15, 0.2) is 0 Å². The van der Waals surface area contributed by atoms with Crippen molar-refractivity contribution in [2.45, 2.75) is 12.8 Å². The Kier molecular flexibility index (Phi) is 6.49. The summed E-state index contributed by atoms with van der Waals surface area (Å²) in [5.41, 5.74) is 0. The van der Waals surface area contributed by atoms with E-state index in [0.29, 0.717) is 12.8 Å². The van der Waals surface area contributed by atoms with E-state index in [4.69, 9.17) is 12.8 Å². The minimum Gasteiger partial charge on any atom is -0.433 e. The molecule has 0 amide bonds. The van der Waals surface area contributed by atoms with Crippen LogP contribution in [-0.2, 0) is 9.47 Å². The smallest absolute Gasteiger partial charge is 0.433 e. The zero-order valence-corrected chi connectivity index (χ0v) is 6.71. The summed E-state index contributed by atoms with van der Waals surface area (Å²) in [5, 5.41) is 0. The van der Waals surface area contributed by atoms with Gasteiger partial charge >= 0.3 is 6.16 Å². The van der Waals surface area contributed by atoms with Crippen molar-refractivity contribution in [3.8, 4) is 24.7 Å². The lowest BCUT2D eigenvalue weighted by molar-refractivity contribution is 0.0585. The molecule has 0 spiro atoms. The van der Waals surface area contributed by atoms with Crippen LogP contribution in [0.1, 0.15) is 12.8 Å². The Bertz CT molecular complexity index is 185. The summed E-state index contributed by atoms with van der Waals surface area (Å²) < 4.78 is 9.11. The molecule has 0 aromatic rings. The van der Waals surface area contributed by atoms with Gasteiger partial charge in [0.1, 0.15) is 13.2 Å². The highest BCUT2D eigenvalue weighted by Gasteiger charge is 2.00. The second-order valence-corrected chi connectivity index (χ2v) is 1.86. The lowest BCUT2D eigenvalue weighted by atomic mass is 10.5. The molecule has 3 heteroatoms. The monoisotopic (exact) mass is 166 g/mol. The van der Waals surface area contributed by atoms with E-state index in [2.05, 4.69) is 21.3 Å². The van der Waals surface area contributed by atoms with Crippen LogP contribution in [0.4, 0.5) is 4.79 Å². The Morgan fingerprint density at radius 3 is 1.83 bits per heavy atom. The SMILES string of the molecule is C#CCCOC(=O)OCCC#C. The van der Waals surface area contributed by atoms with Crippen molar-refractivity contribution < 1.29 is 14.3 Å². The standard InChI is InChI=1S/C9H10O3/c1-3-5-7-11-9(10)12-8-6-4-2/h1-2H,5-8H2. The molecule has 0 heterocycles. The molecule has 0 bridgehead atoms. The molecule has 0 saturated heterocycles. The normalized spacial score (nSPS) is 7.83. The maximum absolute atomic E-state index is 10.6. The molecule has 0 rings (SSSR count). The van der Waals surface area contributed by atoms with Gasteiger partial charge < -0.3 is 9.47 Å². The molecule has 0 N–H and O–H groups in total.